The van der Waals surface area contributed by atoms with Gasteiger partial charge in [0, 0.05) is 11.1 Å². The Morgan fingerprint density at radius 3 is 2.31 bits per heavy atom. The molecule has 35 heavy (non-hydrogen) atoms. The maximum Gasteiger partial charge on any atom is 0.325 e. The zero-order valence-electron chi connectivity index (χ0n) is 19.8. The minimum Gasteiger partial charge on any atom is -0.490 e. The predicted molar refractivity (Wildman–Crippen MR) is 131 cm³/mol. The van der Waals surface area contributed by atoms with Crippen LogP contribution in [0.1, 0.15) is 45.7 Å². The highest BCUT2D eigenvalue weighted by molar-refractivity contribution is 6.00. The predicted octanol–water partition coefficient (Wildman–Crippen LogP) is 4.21. The van der Waals surface area contributed by atoms with Crippen LogP contribution in [0.15, 0.2) is 60.7 Å². The fraction of sp³-hybridized carbons (Fsp3) is 0.250. The number of ether oxygens (including phenoxy) is 3. The van der Waals surface area contributed by atoms with Crippen molar-refractivity contribution in [3.63, 3.8) is 0 Å². The molecule has 1 aliphatic rings. The van der Waals surface area contributed by atoms with Gasteiger partial charge >= 0.3 is 5.97 Å². The maximum atomic E-state index is 12.6. The molecule has 0 atom stereocenters. The number of amides is 1. The van der Waals surface area contributed by atoms with Gasteiger partial charge in [0.25, 0.3) is 5.91 Å². The summed E-state index contributed by atoms with van der Waals surface area (Å²) in [6.45, 7) is 3.82. The van der Waals surface area contributed by atoms with Crippen LogP contribution >= 0.6 is 0 Å². The van der Waals surface area contributed by atoms with Crippen LogP contribution in [0.5, 0.6) is 11.5 Å². The Kier molecular flexibility index (Phi) is 7.45. The second kappa shape index (κ2) is 10.9. The third-order valence-electron chi connectivity index (χ3n) is 5.68. The van der Waals surface area contributed by atoms with Crippen LogP contribution < -0.4 is 14.8 Å². The highest BCUT2D eigenvalue weighted by Gasteiger charge is 2.20. The van der Waals surface area contributed by atoms with Crippen LogP contribution in [0, 0.1) is 0 Å². The SMILES string of the molecule is CCOc1ccc(C(=O)NCC(=O)OCC(=O)c2ccc3c(c2)-c2ccccc2C3)cc1OCC. The molecule has 1 amide bonds. The number of fused-ring (bicyclic) bond motifs is 3. The first-order valence-corrected chi connectivity index (χ1v) is 11.6. The van der Waals surface area contributed by atoms with E-state index in [1.54, 1.807) is 24.3 Å². The summed E-state index contributed by atoms with van der Waals surface area (Å²) in [6, 6.07) is 18.4. The van der Waals surface area contributed by atoms with Gasteiger partial charge in [-0.1, -0.05) is 36.4 Å². The number of rotatable bonds is 10. The summed E-state index contributed by atoms with van der Waals surface area (Å²) in [6.07, 6.45) is 0.842. The molecule has 1 aliphatic carbocycles. The van der Waals surface area contributed by atoms with Gasteiger partial charge in [-0.15, -0.1) is 0 Å². The van der Waals surface area contributed by atoms with Gasteiger partial charge in [0.1, 0.15) is 6.54 Å². The number of carbonyl (C=O) groups is 3. The molecule has 0 saturated heterocycles. The molecule has 4 rings (SSSR count). The molecule has 0 heterocycles. The normalized spacial score (nSPS) is 11.3. The van der Waals surface area contributed by atoms with E-state index in [0.717, 1.165) is 17.5 Å². The number of nitrogens with one attached hydrogen (secondary N) is 1. The lowest BCUT2D eigenvalue weighted by Crippen LogP contribution is -2.31. The van der Waals surface area contributed by atoms with Gasteiger partial charge in [0.15, 0.2) is 23.9 Å². The van der Waals surface area contributed by atoms with E-state index < -0.39 is 18.5 Å². The standard InChI is InChI=1S/C28H27NO6/c1-3-33-25-12-11-21(15-26(25)34-4-2)28(32)29-16-27(31)35-17-24(30)20-10-9-19-13-18-7-5-6-8-22(18)23(19)14-20/h5-12,14-15H,3-4,13,16-17H2,1-2H3,(H,29,32). The van der Waals surface area contributed by atoms with Crippen LogP contribution in [-0.2, 0) is 16.0 Å². The third-order valence-corrected chi connectivity index (χ3v) is 5.68. The molecule has 0 aromatic heterocycles. The topological polar surface area (TPSA) is 90.9 Å². The molecule has 0 radical (unpaired) electrons. The molecule has 0 spiro atoms. The number of esters is 1. The van der Waals surface area contributed by atoms with Crippen molar-refractivity contribution in [2.24, 2.45) is 0 Å². The van der Waals surface area contributed by atoms with Crippen molar-refractivity contribution >= 4 is 17.7 Å². The van der Waals surface area contributed by atoms with Gasteiger partial charge in [-0.3, -0.25) is 14.4 Å². The summed E-state index contributed by atoms with van der Waals surface area (Å²) in [5.74, 6) is -0.473. The highest BCUT2D eigenvalue weighted by Crippen LogP contribution is 2.36. The second-order valence-corrected chi connectivity index (χ2v) is 8.00. The second-order valence-electron chi connectivity index (χ2n) is 8.00. The minimum absolute atomic E-state index is 0.301. The zero-order valence-corrected chi connectivity index (χ0v) is 19.8. The summed E-state index contributed by atoms with van der Waals surface area (Å²) >= 11 is 0. The van der Waals surface area contributed by atoms with Crippen LogP contribution in [0.25, 0.3) is 11.1 Å². The molecule has 0 unspecified atom stereocenters. The van der Waals surface area contributed by atoms with Crippen molar-refractivity contribution in [1.29, 1.82) is 0 Å². The number of hydrogen-bond donors (Lipinski definition) is 1. The number of hydrogen-bond acceptors (Lipinski definition) is 6. The van der Waals surface area contributed by atoms with Crippen LogP contribution in [0.2, 0.25) is 0 Å². The molecular weight excluding hydrogens is 446 g/mol. The Hall–Kier alpha value is -4.13. The van der Waals surface area contributed by atoms with E-state index in [9.17, 15) is 14.4 Å². The molecule has 7 heteroatoms. The molecule has 0 aliphatic heterocycles. The first-order valence-electron chi connectivity index (χ1n) is 11.6. The van der Waals surface area contributed by atoms with E-state index in [1.807, 2.05) is 44.2 Å². The highest BCUT2D eigenvalue weighted by atomic mass is 16.5. The summed E-state index contributed by atoms with van der Waals surface area (Å²) in [5.41, 5.74) is 5.36. The molecule has 0 fully saturated rings. The Labute approximate surface area is 204 Å². The van der Waals surface area contributed by atoms with Crippen molar-refractivity contribution in [3.8, 4) is 22.6 Å². The first kappa shape index (κ1) is 24.0. The third kappa shape index (κ3) is 5.51. The molecular formula is C28H27NO6. The van der Waals surface area contributed by atoms with Crippen molar-refractivity contribution in [2.45, 2.75) is 20.3 Å². The number of benzene rings is 3. The molecule has 0 bridgehead atoms. The van der Waals surface area contributed by atoms with Crippen LogP contribution in [0.4, 0.5) is 0 Å². The summed E-state index contributed by atoms with van der Waals surface area (Å²) in [4.78, 5) is 37.2. The van der Waals surface area contributed by atoms with Crippen molar-refractivity contribution in [2.75, 3.05) is 26.4 Å². The van der Waals surface area contributed by atoms with Crippen LogP contribution in [0.3, 0.4) is 0 Å². The molecule has 0 saturated carbocycles. The summed E-state index contributed by atoms with van der Waals surface area (Å²) in [5, 5.41) is 2.51. The fourth-order valence-electron chi connectivity index (χ4n) is 4.02. The van der Waals surface area contributed by atoms with Crippen molar-refractivity contribution in [1.82, 2.24) is 5.32 Å². The summed E-state index contributed by atoms with van der Waals surface area (Å²) in [7, 11) is 0. The van der Waals surface area contributed by atoms with E-state index in [1.165, 1.54) is 11.1 Å². The number of Topliss-reactive ketones (excluding diaryl/α,β-unsaturated/α-hetero) is 1. The fourth-order valence-corrected chi connectivity index (χ4v) is 4.02. The van der Waals surface area contributed by atoms with E-state index in [-0.39, 0.29) is 12.3 Å². The molecule has 180 valence electrons. The Balaban J connectivity index is 1.30. The lowest BCUT2D eigenvalue weighted by Gasteiger charge is -2.12. The molecule has 7 nitrogen and oxygen atoms in total. The minimum atomic E-state index is -0.700. The number of ketones is 1. The van der Waals surface area contributed by atoms with E-state index in [2.05, 4.69) is 11.4 Å². The summed E-state index contributed by atoms with van der Waals surface area (Å²) < 4.78 is 16.1. The first-order chi connectivity index (χ1) is 17.0. The Morgan fingerprint density at radius 2 is 1.51 bits per heavy atom. The van der Waals surface area contributed by atoms with Gasteiger partial charge in [0.2, 0.25) is 0 Å². The van der Waals surface area contributed by atoms with Gasteiger partial charge < -0.3 is 19.5 Å². The van der Waals surface area contributed by atoms with Crippen molar-refractivity contribution in [3.05, 3.63) is 82.9 Å². The van der Waals surface area contributed by atoms with Gasteiger partial charge in [0.05, 0.1) is 13.2 Å². The molecule has 1 N–H and O–H groups in total. The number of carbonyl (C=O) groups excluding carboxylic acids is 3. The lowest BCUT2D eigenvalue weighted by molar-refractivity contribution is -0.141. The van der Waals surface area contributed by atoms with Gasteiger partial charge in [-0.05, 0) is 66.8 Å². The zero-order chi connectivity index (χ0) is 24.8. The average molecular weight is 474 g/mol. The monoisotopic (exact) mass is 473 g/mol. The maximum absolute atomic E-state index is 12.6. The Bertz CT molecular complexity index is 1270. The van der Waals surface area contributed by atoms with E-state index >= 15 is 0 Å². The largest absolute Gasteiger partial charge is 0.490 e. The molecule has 3 aromatic rings. The van der Waals surface area contributed by atoms with E-state index in [0.29, 0.717) is 35.8 Å². The average Bonchev–Trinajstić information content (AvgIpc) is 3.25. The van der Waals surface area contributed by atoms with Gasteiger partial charge in [-0.25, -0.2) is 0 Å². The van der Waals surface area contributed by atoms with E-state index in [4.69, 9.17) is 14.2 Å². The van der Waals surface area contributed by atoms with Crippen LogP contribution in [-0.4, -0.2) is 44.0 Å². The quantitative estimate of drug-likeness (QED) is 0.274. The Morgan fingerprint density at radius 1 is 0.800 bits per heavy atom. The smallest absolute Gasteiger partial charge is 0.325 e. The molecule has 3 aromatic carbocycles. The van der Waals surface area contributed by atoms with Crippen molar-refractivity contribution < 1.29 is 28.6 Å². The van der Waals surface area contributed by atoms with Gasteiger partial charge in [-0.2, -0.15) is 0 Å². The lowest BCUT2D eigenvalue weighted by atomic mass is 10.0.